The van der Waals surface area contributed by atoms with Gasteiger partial charge in [0, 0.05) is 12.4 Å². The van der Waals surface area contributed by atoms with E-state index in [0.717, 1.165) is 16.0 Å². The van der Waals surface area contributed by atoms with Crippen molar-refractivity contribution in [2.75, 3.05) is 18.5 Å². The Morgan fingerprint density at radius 1 is 1.10 bits per heavy atom. The van der Waals surface area contributed by atoms with E-state index in [1.54, 1.807) is 24.4 Å². The van der Waals surface area contributed by atoms with Gasteiger partial charge in [0.05, 0.1) is 27.9 Å². The first-order valence-corrected chi connectivity index (χ1v) is 9.66. The van der Waals surface area contributed by atoms with Crippen LogP contribution < -0.4 is 10.1 Å². The van der Waals surface area contributed by atoms with E-state index in [1.807, 2.05) is 25.1 Å². The highest BCUT2D eigenvalue weighted by Crippen LogP contribution is 2.29. The van der Waals surface area contributed by atoms with Gasteiger partial charge in [-0.25, -0.2) is 9.78 Å². The van der Waals surface area contributed by atoms with Crippen molar-refractivity contribution in [3.8, 4) is 5.75 Å². The number of rotatable bonds is 6. The molecule has 0 saturated heterocycles. The van der Waals surface area contributed by atoms with E-state index in [0.29, 0.717) is 22.8 Å². The number of amides is 1. The summed E-state index contributed by atoms with van der Waals surface area (Å²) in [6.45, 7) is 2.05. The van der Waals surface area contributed by atoms with Crippen LogP contribution >= 0.6 is 11.3 Å². The molecular formula is C20H16N4O4S. The fourth-order valence-corrected chi connectivity index (χ4v) is 3.65. The van der Waals surface area contributed by atoms with Gasteiger partial charge in [-0.05, 0) is 37.3 Å². The number of nitrogens with one attached hydrogen (secondary N) is 1. The molecule has 0 bridgehead atoms. The molecule has 0 spiro atoms. The largest absolute Gasteiger partial charge is 0.494 e. The molecule has 4 rings (SSSR count). The van der Waals surface area contributed by atoms with E-state index in [-0.39, 0.29) is 5.56 Å². The molecule has 2 aromatic heterocycles. The van der Waals surface area contributed by atoms with Gasteiger partial charge in [-0.3, -0.25) is 20.1 Å². The van der Waals surface area contributed by atoms with Crippen LogP contribution in [0.2, 0.25) is 0 Å². The van der Waals surface area contributed by atoms with Gasteiger partial charge in [0.25, 0.3) is 5.91 Å². The van der Waals surface area contributed by atoms with Crippen LogP contribution in [0.15, 0.2) is 48.8 Å². The number of esters is 1. The zero-order valence-electron chi connectivity index (χ0n) is 15.4. The lowest BCUT2D eigenvalue weighted by Gasteiger charge is -2.06. The molecule has 0 aliphatic heterocycles. The highest BCUT2D eigenvalue weighted by Gasteiger charge is 2.15. The number of fused-ring (bicyclic) bond motifs is 2. The summed E-state index contributed by atoms with van der Waals surface area (Å²) in [6.07, 6.45) is 3.04. The highest BCUT2D eigenvalue weighted by atomic mass is 32.1. The highest BCUT2D eigenvalue weighted by molar-refractivity contribution is 7.22. The van der Waals surface area contributed by atoms with Crippen LogP contribution in [0.5, 0.6) is 5.75 Å². The second-order valence-corrected chi connectivity index (χ2v) is 6.97. The topological polar surface area (TPSA) is 103 Å². The summed E-state index contributed by atoms with van der Waals surface area (Å²) in [4.78, 5) is 37.2. The van der Waals surface area contributed by atoms with Crippen LogP contribution in [0.3, 0.4) is 0 Å². The van der Waals surface area contributed by atoms with Crippen molar-refractivity contribution in [2.45, 2.75) is 6.92 Å². The third kappa shape index (κ3) is 4.14. The normalized spacial score (nSPS) is 10.8. The Kier molecular flexibility index (Phi) is 5.30. The molecule has 29 heavy (non-hydrogen) atoms. The molecule has 4 aromatic rings. The van der Waals surface area contributed by atoms with E-state index in [1.165, 1.54) is 17.5 Å². The molecule has 0 saturated carbocycles. The first-order valence-electron chi connectivity index (χ1n) is 8.84. The molecule has 0 atom stereocenters. The lowest BCUT2D eigenvalue weighted by Crippen LogP contribution is -2.21. The number of ether oxygens (including phenoxy) is 2. The Morgan fingerprint density at radius 3 is 2.83 bits per heavy atom. The smallest absolute Gasteiger partial charge is 0.340 e. The molecule has 0 radical (unpaired) electrons. The summed E-state index contributed by atoms with van der Waals surface area (Å²) in [5, 5.41) is 3.07. The van der Waals surface area contributed by atoms with E-state index >= 15 is 0 Å². The fourth-order valence-electron chi connectivity index (χ4n) is 2.74. The van der Waals surface area contributed by atoms with Gasteiger partial charge in [-0.1, -0.05) is 17.4 Å². The van der Waals surface area contributed by atoms with Gasteiger partial charge in [-0.15, -0.1) is 0 Å². The van der Waals surface area contributed by atoms with Crippen LogP contribution in [-0.4, -0.2) is 40.0 Å². The Morgan fingerprint density at radius 2 is 1.97 bits per heavy atom. The summed E-state index contributed by atoms with van der Waals surface area (Å²) in [7, 11) is 0. The number of para-hydroxylation sites is 1. The zero-order valence-corrected chi connectivity index (χ0v) is 16.2. The van der Waals surface area contributed by atoms with Gasteiger partial charge in [0.1, 0.15) is 11.3 Å². The molecule has 0 aliphatic rings. The maximum absolute atomic E-state index is 12.4. The first kappa shape index (κ1) is 18.8. The molecule has 2 heterocycles. The summed E-state index contributed by atoms with van der Waals surface area (Å²) in [5.41, 5.74) is 2.01. The van der Waals surface area contributed by atoms with Crippen LogP contribution in [0.4, 0.5) is 5.13 Å². The Bertz CT molecular complexity index is 1200. The number of hydrogen-bond donors (Lipinski definition) is 1. The van der Waals surface area contributed by atoms with Crippen molar-refractivity contribution < 1.29 is 19.1 Å². The maximum atomic E-state index is 12.4. The van der Waals surface area contributed by atoms with Crippen LogP contribution in [-0.2, 0) is 9.53 Å². The Balaban J connectivity index is 1.41. The van der Waals surface area contributed by atoms with Crippen molar-refractivity contribution in [1.82, 2.24) is 15.0 Å². The summed E-state index contributed by atoms with van der Waals surface area (Å²) < 4.78 is 11.5. The van der Waals surface area contributed by atoms with Crippen molar-refractivity contribution in [3.63, 3.8) is 0 Å². The third-order valence-electron chi connectivity index (χ3n) is 3.97. The number of hydrogen-bond acceptors (Lipinski definition) is 8. The molecule has 0 fully saturated rings. The predicted octanol–water partition coefficient (Wildman–Crippen LogP) is 3.43. The van der Waals surface area contributed by atoms with Crippen molar-refractivity contribution in [2.24, 2.45) is 0 Å². The van der Waals surface area contributed by atoms with Gasteiger partial charge < -0.3 is 9.47 Å². The second kappa shape index (κ2) is 8.19. The first-order chi connectivity index (χ1) is 14.1. The minimum Gasteiger partial charge on any atom is -0.494 e. The third-order valence-corrected chi connectivity index (χ3v) is 4.90. The Labute approximate surface area is 169 Å². The average Bonchev–Trinajstić information content (AvgIpc) is 3.13. The molecule has 2 aromatic carbocycles. The molecule has 8 nitrogen and oxygen atoms in total. The molecule has 0 aliphatic carbocycles. The number of benzene rings is 2. The van der Waals surface area contributed by atoms with E-state index in [4.69, 9.17) is 9.47 Å². The number of nitrogens with zero attached hydrogens (tertiary/aromatic N) is 3. The van der Waals surface area contributed by atoms with E-state index in [9.17, 15) is 9.59 Å². The van der Waals surface area contributed by atoms with Crippen molar-refractivity contribution in [3.05, 3.63) is 54.4 Å². The lowest BCUT2D eigenvalue weighted by molar-refractivity contribution is -0.119. The number of anilines is 1. The zero-order chi connectivity index (χ0) is 20.2. The number of carbonyl (C=O) groups excluding carboxylic acids is 2. The fraction of sp³-hybridized carbons (Fsp3) is 0.150. The summed E-state index contributed by atoms with van der Waals surface area (Å²) in [5.74, 6) is -0.376. The van der Waals surface area contributed by atoms with Crippen LogP contribution in [0.25, 0.3) is 21.3 Å². The van der Waals surface area contributed by atoms with Crippen molar-refractivity contribution >= 4 is 49.6 Å². The SMILES string of the molecule is CCOc1ccc2nc(NC(=O)COC(=O)c3cccc4nccnc34)sc2c1. The number of thiazole rings is 1. The molecular weight excluding hydrogens is 392 g/mol. The average molecular weight is 408 g/mol. The summed E-state index contributed by atoms with van der Waals surface area (Å²) >= 11 is 1.32. The van der Waals surface area contributed by atoms with Gasteiger partial charge in [0.2, 0.25) is 0 Å². The van der Waals surface area contributed by atoms with Gasteiger partial charge in [-0.2, -0.15) is 0 Å². The van der Waals surface area contributed by atoms with Gasteiger partial charge >= 0.3 is 5.97 Å². The van der Waals surface area contributed by atoms with Crippen LogP contribution in [0.1, 0.15) is 17.3 Å². The standard InChI is InChI=1S/C20H16N4O4S/c1-2-27-12-6-7-14-16(10-12)29-20(23-14)24-17(25)11-28-19(26)13-4-3-5-15-18(13)22-9-8-21-15/h3-10H,2,11H2,1H3,(H,23,24,25). The van der Waals surface area contributed by atoms with Crippen LogP contribution in [0, 0.1) is 0 Å². The number of aromatic nitrogens is 3. The molecule has 146 valence electrons. The second-order valence-electron chi connectivity index (χ2n) is 5.94. The van der Waals surface area contributed by atoms with Gasteiger partial charge in [0.15, 0.2) is 11.7 Å². The summed E-state index contributed by atoms with van der Waals surface area (Å²) in [6, 6.07) is 10.5. The Hall–Kier alpha value is -3.59. The van der Waals surface area contributed by atoms with E-state index < -0.39 is 18.5 Å². The predicted molar refractivity (Wildman–Crippen MR) is 109 cm³/mol. The van der Waals surface area contributed by atoms with Crippen molar-refractivity contribution in [1.29, 1.82) is 0 Å². The van der Waals surface area contributed by atoms with E-state index in [2.05, 4.69) is 20.3 Å². The minimum atomic E-state index is -0.642. The monoisotopic (exact) mass is 408 g/mol. The maximum Gasteiger partial charge on any atom is 0.340 e. The molecule has 9 heteroatoms. The molecule has 1 amide bonds. The molecule has 0 unspecified atom stereocenters. The lowest BCUT2D eigenvalue weighted by atomic mass is 10.2. The quantitative estimate of drug-likeness (QED) is 0.488. The minimum absolute atomic E-state index is 0.256. The number of carbonyl (C=O) groups is 2. The molecule has 1 N–H and O–H groups in total.